The number of amides is 1. The Morgan fingerprint density at radius 2 is 2.00 bits per heavy atom. The van der Waals surface area contributed by atoms with Crippen LogP contribution in [0.1, 0.15) is 6.42 Å². The molecule has 0 radical (unpaired) electrons. The van der Waals surface area contributed by atoms with E-state index in [2.05, 4.69) is 5.32 Å². The number of rotatable bonds is 8. The van der Waals surface area contributed by atoms with Gasteiger partial charge in [0.05, 0.1) is 39.0 Å². The molecule has 0 fully saturated rings. The number of hydrogen-bond acceptors (Lipinski definition) is 5. The normalized spacial score (nSPS) is 9.70. The fourth-order valence-corrected chi connectivity index (χ4v) is 1.44. The first-order valence-corrected chi connectivity index (χ1v) is 5.97. The Labute approximate surface area is 125 Å². The van der Waals surface area contributed by atoms with Gasteiger partial charge in [-0.1, -0.05) is 0 Å². The third-order valence-corrected chi connectivity index (χ3v) is 2.42. The van der Waals surface area contributed by atoms with Crippen molar-refractivity contribution >= 4 is 29.7 Å². The van der Waals surface area contributed by atoms with Crippen LogP contribution in [-0.2, 0) is 14.3 Å². The van der Waals surface area contributed by atoms with Gasteiger partial charge in [0.25, 0.3) is 0 Å². The van der Waals surface area contributed by atoms with Crippen molar-refractivity contribution in [3.05, 3.63) is 18.2 Å². The maximum absolute atomic E-state index is 11.6. The molecule has 1 aromatic carbocycles. The number of nitrogen functional groups attached to an aromatic ring is 1. The molecule has 0 atom stereocenters. The lowest BCUT2D eigenvalue weighted by Gasteiger charge is -2.09. The molecule has 3 N–H and O–H groups in total. The van der Waals surface area contributed by atoms with Crippen molar-refractivity contribution in [2.24, 2.45) is 0 Å². The van der Waals surface area contributed by atoms with Gasteiger partial charge in [0.1, 0.15) is 5.75 Å². The number of anilines is 2. The smallest absolute Gasteiger partial charge is 0.226 e. The average Bonchev–Trinajstić information content (AvgIpc) is 2.39. The van der Waals surface area contributed by atoms with E-state index in [4.69, 9.17) is 19.9 Å². The molecule has 0 unspecified atom stereocenters. The topological polar surface area (TPSA) is 82.8 Å². The largest absolute Gasteiger partial charge is 0.495 e. The Kier molecular flexibility index (Phi) is 9.53. The van der Waals surface area contributed by atoms with Crippen LogP contribution in [0.2, 0.25) is 0 Å². The zero-order chi connectivity index (χ0) is 14.1. The standard InChI is InChI=1S/C13H20N2O4.ClH/c1-17-7-8-19-6-5-13(16)15-10-3-4-12(18-2)11(14)9-10;/h3-4,9H,5-8,14H2,1-2H3,(H,15,16);1H. The van der Waals surface area contributed by atoms with Crippen LogP contribution < -0.4 is 15.8 Å². The van der Waals surface area contributed by atoms with Gasteiger partial charge in [0.2, 0.25) is 5.91 Å². The molecule has 7 heteroatoms. The van der Waals surface area contributed by atoms with Crippen LogP contribution in [0.3, 0.4) is 0 Å². The van der Waals surface area contributed by atoms with E-state index in [1.807, 2.05) is 0 Å². The van der Waals surface area contributed by atoms with Gasteiger partial charge in [-0.25, -0.2) is 0 Å². The minimum atomic E-state index is -0.123. The summed E-state index contributed by atoms with van der Waals surface area (Å²) < 4.78 is 15.1. The molecule has 6 nitrogen and oxygen atoms in total. The van der Waals surface area contributed by atoms with Crippen LogP contribution in [0.4, 0.5) is 11.4 Å². The molecule has 0 aliphatic rings. The van der Waals surface area contributed by atoms with Gasteiger partial charge in [0.15, 0.2) is 0 Å². The predicted molar refractivity (Wildman–Crippen MR) is 80.6 cm³/mol. The van der Waals surface area contributed by atoms with E-state index < -0.39 is 0 Å². The molecule has 0 aliphatic carbocycles. The minimum Gasteiger partial charge on any atom is -0.495 e. The van der Waals surface area contributed by atoms with E-state index in [1.165, 1.54) is 0 Å². The highest BCUT2D eigenvalue weighted by atomic mass is 35.5. The van der Waals surface area contributed by atoms with E-state index in [0.29, 0.717) is 36.9 Å². The number of methoxy groups -OCH3 is 2. The number of carbonyl (C=O) groups excluding carboxylic acids is 1. The quantitative estimate of drug-likeness (QED) is 0.564. The van der Waals surface area contributed by atoms with Crippen molar-refractivity contribution in [3.63, 3.8) is 0 Å². The molecule has 114 valence electrons. The Balaban J connectivity index is 0.00000361. The molecule has 0 aromatic heterocycles. The molecule has 0 bridgehead atoms. The third kappa shape index (κ3) is 6.60. The Morgan fingerprint density at radius 3 is 2.60 bits per heavy atom. The lowest BCUT2D eigenvalue weighted by atomic mass is 10.2. The summed E-state index contributed by atoms with van der Waals surface area (Å²) in [7, 11) is 3.14. The number of nitrogens with two attached hydrogens (primary N) is 1. The van der Waals surface area contributed by atoms with E-state index in [9.17, 15) is 4.79 Å². The summed E-state index contributed by atoms with van der Waals surface area (Å²) in [6, 6.07) is 5.10. The van der Waals surface area contributed by atoms with Crippen LogP contribution in [0.25, 0.3) is 0 Å². The van der Waals surface area contributed by atoms with Crippen molar-refractivity contribution in [1.29, 1.82) is 0 Å². The summed E-state index contributed by atoms with van der Waals surface area (Å²) in [6.07, 6.45) is 0.287. The van der Waals surface area contributed by atoms with Crippen LogP contribution in [0.5, 0.6) is 5.75 Å². The molecular weight excluding hydrogens is 284 g/mol. The first-order valence-electron chi connectivity index (χ1n) is 5.97. The Bertz CT molecular complexity index is 415. The monoisotopic (exact) mass is 304 g/mol. The lowest BCUT2D eigenvalue weighted by molar-refractivity contribution is -0.117. The molecule has 0 saturated carbocycles. The highest BCUT2D eigenvalue weighted by molar-refractivity contribution is 5.91. The Hall–Kier alpha value is -1.50. The van der Waals surface area contributed by atoms with Crippen molar-refractivity contribution in [2.45, 2.75) is 6.42 Å². The fraction of sp³-hybridized carbons (Fsp3) is 0.462. The predicted octanol–water partition coefficient (Wildman–Crippen LogP) is 1.69. The number of hydrogen-bond donors (Lipinski definition) is 2. The zero-order valence-electron chi connectivity index (χ0n) is 11.7. The van der Waals surface area contributed by atoms with Gasteiger partial charge in [0, 0.05) is 12.8 Å². The van der Waals surface area contributed by atoms with E-state index in [0.717, 1.165) is 0 Å². The maximum atomic E-state index is 11.6. The molecule has 0 spiro atoms. The zero-order valence-corrected chi connectivity index (χ0v) is 12.5. The lowest BCUT2D eigenvalue weighted by Crippen LogP contribution is -2.15. The van der Waals surface area contributed by atoms with E-state index in [-0.39, 0.29) is 24.7 Å². The summed E-state index contributed by atoms with van der Waals surface area (Å²) in [5, 5.41) is 2.74. The number of halogens is 1. The second kappa shape index (κ2) is 10.3. The van der Waals surface area contributed by atoms with Crippen molar-refractivity contribution in [3.8, 4) is 5.75 Å². The molecular formula is C13H21ClN2O4. The van der Waals surface area contributed by atoms with Crippen molar-refractivity contribution in [2.75, 3.05) is 45.1 Å². The molecule has 20 heavy (non-hydrogen) atoms. The summed E-state index contributed by atoms with van der Waals surface area (Å²) in [5.74, 6) is 0.461. The van der Waals surface area contributed by atoms with E-state index in [1.54, 1.807) is 32.4 Å². The molecule has 1 amide bonds. The highest BCUT2D eigenvalue weighted by Crippen LogP contribution is 2.24. The first-order chi connectivity index (χ1) is 9.17. The van der Waals surface area contributed by atoms with Gasteiger partial charge >= 0.3 is 0 Å². The second-order valence-corrected chi connectivity index (χ2v) is 3.86. The third-order valence-electron chi connectivity index (χ3n) is 2.42. The number of benzene rings is 1. The number of ether oxygens (including phenoxy) is 3. The summed E-state index contributed by atoms with van der Waals surface area (Å²) in [6.45, 7) is 1.37. The molecule has 0 heterocycles. The van der Waals surface area contributed by atoms with E-state index >= 15 is 0 Å². The van der Waals surface area contributed by atoms with Crippen molar-refractivity contribution in [1.82, 2.24) is 0 Å². The van der Waals surface area contributed by atoms with Gasteiger partial charge in [-0.15, -0.1) is 12.4 Å². The maximum Gasteiger partial charge on any atom is 0.226 e. The summed E-state index contributed by atoms with van der Waals surface area (Å²) in [5.41, 5.74) is 6.87. The average molecular weight is 305 g/mol. The van der Waals surface area contributed by atoms with Gasteiger partial charge in [-0.05, 0) is 18.2 Å². The number of nitrogens with one attached hydrogen (secondary N) is 1. The fourth-order valence-electron chi connectivity index (χ4n) is 1.44. The summed E-state index contributed by atoms with van der Waals surface area (Å²) >= 11 is 0. The Morgan fingerprint density at radius 1 is 1.25 bits per heavy atom. The number of carbonyl (C=O) groups is 1. The van der Waals surface area contributed by atoms with Crippen LogP contribution in [0.15, 0.2) is 18.2 Å². The molecule has 1 aromatic rings. The highest BCUT2D eigenvalue weighted by Gasteiger charge is 2.05. The molecule has 0 saturated heterocycles. The summed E-state index contributed by atoms with van der Waals surface area (Å²) in [4.78, 5) is 11.6. The van der Waals surface area contributed by atoms with Gasteiger partial charge < -0.3 is 25.3 Å². The minimum absolute atomic E-state index is 0. The van der Waals surface area contributed by atoms with Crippen LogP contribution in [-0.4, -0.2) is 39.9 Å². The van der Waals surface area contributed by atoms with Gasteiger partial charge in [-0.3, -0.25) is 4.79 Å². The van der Waals surface area contributed by atoms with Crippen molar-refractivity contribution < 1.29 is 19.0 Å². The van der Waals surface area contributed by atoms with Crippen LogP contribution in [0, 0.1) is 0 Å². The molecule has 1 rings (SSSR count). The first kappa shape index (κ1) is 18.5. The SMILES string of the molecule is COCCOCCC(=O)Nc1ccc(OC)c(N)c1.Cl. The molecule has 0 aliphatic heterocycles. The van der Waals surface area contributed by atoms with Crippen LogP contribution >= 0.6 is 12.4 Å². The second-order valence-electron chi connectivity index (χ2n) is 3.86. The van der Waals surface area contributed by atoms with Gasteiger partial charge in [-0.2, -0.15) is 0 Å².